The average Bonchev–Trinajstić information content (AvgIpc) is 2.82. The van der Waals surface area contributed by atoms with Gasteiger partial charge >= 0.3 is 6.03 Å². The van der Waals surface area contributed by atoms with Crippen LogP contribution >= 0.6 is 22.6 Å². The van der Waals surface area contributed by atoms with Crippen molar-refractivity contribution < 1.29 is 23.9 Å². The minimum absolute atomic E-state index is 0.151. The van der Waals surface area contributed by atoms with Gasteiger partial charge in [-0.1, -0.05) is 47.0 Å². The Morgan fingerprint density at radius 1 is 0.892 bits per heavy atom. The first-order valence-corrected chi connectivity index (χ1v) is 12.9. The van der Waals surface area contributed by atoms with Crippen LogP contribution in [0.2, 0.25) is 0 Å². The lowest BCUT2D eigenvalue weighted by Crippen LogP contribution is -2.54. The minimum atomic E-state index is -0.782. The molecule has 4 rings (SSSR count). The molecule has 0 unspecified atom stereocenters. The molecule has 0 spiro atoms. The van der Waals surface area contributed by atoms with Crippen molar-refractivity contribution in [3.63, 3.8) is 0 Å². The van der Waals surface area contributed by atoms with E-state index in [0.29, 0.717) is 36.0 Å². The van der Waals surface area contributed by atoms with E-state index < -0.39 is 17.8 Å². The summed E-state index contributed by atoms with van der Waals surface area (Å²) in [5.41, 5.74) is 5.16. The summed E-state index contributed by atoms with van der Waals surface area (Å²) >= 11 is 2.15. The number of urea groups is 1. The number of hydrogen-bond acceptors (Lipinski definition) is 5. The molecule has 1 saturated heterocycles. The van der Waals surface area contributed by atoms with Crippen molar-refractivity contribution >= 4 is 52.2 Å². The second kappa shape index (κ2) is 11.2. The lowest BCUT2D eigenvalue weighted by atomic mass is 10.1. The standard InChI is InChI=1S/C29H27IN2O5/c1-5-36-25-15-20(14-24(30)26(25)37-16-21-11-18(3)10-19(4)12-21)13-23-27(33)31-29(35)32(28(23)34)22-8-6-17(2)7-9-22/h6-15H,5,16H2,1-4H3,(H,31,33,35)/b23-13+. The van der Waals surface area contributed by atoms with E-state index in [1.807, 2.05) is 27.7 Å². The molecule has 0 aliphatic carbocycles. The smallest absolute Gasteiger partial charge is 0.335 e. The Morgan fingerprint density at radius 2 is 1.57 bits per heavy atom. The summed E-state index contributed by atoms with van der Waals surface area (Å²) in [5, 5.41) is 2.26. The molecule has 1 N–H and O–H groups in total. The summed E-state index contributed by atoms with van der Waals surface area (Å²) < 4.78 is 12.8. The predicted octanol–water partition coefficient (Wildman–Crippen LogP) is 5.86. The lowest BCUT2D eigenvalue weighted by molar-refractivity contribution is -0.122. The van der Waals surface area contributed by atoms with Crippen molar-refractivity contribution in [3.8, 4) is 11.5 Å². The Kier molecular flexibility index (Phi) is 7.97. The van der Waals surface area contributed by atoms with Crippen LogP contribution in [-0.2, 0) is 16.2 Å². The van der Waals surface area contributed by atoms with Crippen molar-refractivity contribution in [2.75, 3.05) is 11.5 Å². The fraction of sp³-hybridized carbons (Fsp3) is 0.207. The number of nitrogens with zero attached hydrogens (tertiary/aromatic N) is 1. The number of rotatable bonds is 7. The van der Waals surface area contributed by atoms with Gasteiger partial charge < -0.3 is 9.47 Å². The number of nitrogens with one attached hydrogen (secondary N) is 1. The zero-order valence-electron chi connectivity index (χ0n) is 21.1. The highest BCUT2D eigenvalue weighted by Crippen LogP contribution is 2.36. The molecule has 37 heavy (non-hydrogen) atoms. The summed E-state index contributed by atoms with van der Waals surface area (Å²) in [4.78, 5) is 39.3. The third-order valence-corrected chi connectivity index (χ3v) is 6.50. The largest absolute Gasteiger partial charge is 0.490 e. The second-order valence-corrected chi connectivity index (χ2v) is 10.0. The van der Waals surface area contributed by atoms with Gasteiger partial charge in [0.1, 0.15) is 12.2 Å². The first kappa shape index (κ1) is 26.4. The minimum Gasteiger partial charge on any atom is -0.490 e. The van der Waals surface area contributed by atoms with Crippen LogP contribution in [0.15, 0.2) is 60.2 Å². The van der Waals surface area contributed by atoms with E-state index in [9.17, 15) is 14.4 Å². The van der Waals surface area contributed by atoms with Crippen LogP contribution in [0.4, 0.5) is 10.5 Å². The SMILES string of the molecule is CCOc1cc(/C=C2\C(=O)NC(=O)N(c3ccc(C)cc3)C2=O)cc(I)c1OCc1cc(C)cc(C)c1. The van der Waals surface area contributed by atoms with Crippen LogP contribution in [0.5, 0.6) is 11.5 Å². The number of halogens is 1. The van der Waals surface area contributed by atoms with Gasteiger partial charge in [-0.25, -0.2) is 9.69 Å². The number of imide groups is 2. The Balaban J connectivity index is 1.66. The zero-order valence-corrected chi connectivity index (χ0v) is 23.2. The highest BCUT2D eigenvalue weighted by molar-refractivity contribution is 14.1. The Bertz CT molecular complexity index is 1390. The quantitative estimate of drug-likeness (QED) is 0.206. The number of ether oxygens (including phenoxy) is 2. The maximum Gasteiger partial charge on any atom is 0.335 e. The number of amides is 4. The van der Waals surface area contributed by atoms with Gasteiger partial charge in [-0.3, -0.25) is 14.9 Å². The van der Waals surface area contributed by atoms with Crippen molar-refractivity contribution in [2.45, 2.75) is 34.3 Å². The maximum atomic E-state index is 13.2. The fourth-order valence-corrected chi connectivity index (χ4v) is 4.92. The second-order valence-electron chi connectivity index (χ2n) is 8.84. The van der Waals surface area contributed by atoms with Crippen molar-refractivity contribution in [3.05, 3.63) is 91.6 Å². The first-order valence-electron chi connectivity index (χ1n) is 11.8. The first-order chi connectivity index (χ1) is 17.7. The molecule has 1 fully saturated rings. The predicted molar refractivity (Wildman–Crippen MR) is 151 cm³/mol. The van der Waals surface area contributed by atoms with Crippen molar-refractivity contribution in [1.29, 1.82) is 0 Å². The van der Waals surface area contributed by atoms with Crippen LogP contribution in [0, 0.1) is 24.3 Å². The molecule has 4 amide bonds. The molecule has 3 aromatic carbocycles. The molecule has 0 aromatic heterocycles. The molecule has 0 saturated carbocycles. The summed E-state index contributed by atoms with van der Waals surface area (Å²) in [6.07, 6.45) is 1.46. The van der Waals surface area contributed by atoms with E-state index in [0.717, 1.165) is 30.7 Å². The average molecular weight is 610 g/mol. The summed E-state index contributed by atoms with van der Waals surface area (Å²) in [7, 11) is 0. The third kappa shape index (κ3) is 6.02. The topological polar surface area (TPSA) is 84.9 Å². The van der Waals surface area contributed by atoms with Crippen LogP contribution in [0.3, 0.4) is 0 Å². The molecule has 1 aliphatic rings. The van der Waals surface area contributed by atoms with E-state index in [2.05, 4.69) is 46.1 Å². The highest BCUT2D eigenvalue weighted by Gasteiger charge is 2.36. The van der Waals surface area contributed by atoms with Gasteiger partial charge in [0.2, 0.25) is 0 Å². The Labute approximate surface area is 229 Å². The molecule has 7 nitrogen and oxygen atoms in total. The number of carbonyl (C=O) groups is 3. The summed E-state index contributed by atoms with van der Waals surface area (Å²) in [5.74, 6) is -0.359. The van der Waals surface area contributed by atoms with Gasteiger partial charge in [0.05, 0.1) is 15.9 Å². The van der Waals surface area contributed by atoms with Gasteiger partial charge in [-0.2, -0.15) is 0 Å². The van der Waals surface area contributed by atoms with E-state index in [1.54, 1.807) is 36.4 Å². The summed E-state index contributed by atoms with van der Waals surface area (Å²) in [6.45, 7) is 8.64. The van der Waals surface area contributed by atoms with E-state index in [4.69, 9.17) is 9.47 Å². The van der Waals surface area contributed by atoms with Crippen LogP contribution in [0.25, 0.3) is 6.08 Å². The molecular formula is C29H27IN2O5. The van der Waals surface area contributed by atoms with Gasteiger partial charge in [0.15, 0.2) is 11.5 Å². The number of benzene rings is 3. The highest BCUT2D eigenvalue weighted by atomic mass is 127. The molecule has 1 aliphatic heterocycles. The maximum absolute atomic E-state index is 13.2. The van der Waals surface area contributed by atoms with E-state index in [1.165, 1.54) is 6.08 Å². The normalized spacial score (nSPS) is 14.7. The van der Waals surface area contributed by atoms with Crippen LogP contribution in [-0.4, -0.2) is 24.5 Å². The lowest BCUT2D eigenvalue weighted by Gasteiger charge is -2.26. The van der Waals surface area contributed by atoms with E-state index in [-0.39, 0.29) is 5.57 Å². The number of anilines is 1. The van der Waals surface area contributed by atoms with Crippen molar-refractivity contribution in [2.24, 2.45) is 0 Å². The van der Waals surface area contributed by atoms with Gasteiger partial charge in [-0.05, 0) is 91.8 Å². The van der Waals surface area contributed by atoms with Crippen LogP contribution in [0.1, 0.15) is 34.7 Å². The van der Waals surface area contributed by atoms with Gasteiger partial charge in [0.25, 0.3) is 11.8 Å². The molecule has 0 bridgehead atoms. The number of aryl methyl sites for hydroxylation is 3. The molecule has 8 heteroatoms. The number of hydrogen-bond donors (Lipinski definition) is 1. The zero-order chi connectivity index (χ0) is 26.7. The van der Waals surface area contributed by atoms with Crippen molar-refractivity contribution in [1.82, 2.24) is 5.32 Å². The fourth-order valence-electron chi connectivity index (χ4n) is 4.13. The monoisotopic (exact) mass is 610 g/mol. The van der Waals surface area contributed by atoms with Gasteiger partial charge in [0, 0.05) is 0 Å². The molecule has 0 atom stereocenters. The number of carbonyl (C=O) groups excluding carboxylic acids is 3. The molecule has 3 aromatic rings. The third-order valence-electron chi connectivity index (χ3n) is 5.70. The molecule has 1 heterocycles. The molecular weight excluding hydrogens is 583 g/mol. The van der Waals surface area contributed by atoms with Crippen LogP contribution < -0.4 is 19.7 Å². The van der Waals surface area contributed by atoms with E-state index >= 15 is 0 Å². The molecule has 0 radical (unpaired) electrons. The molecule has 190 valence electrons. The van der Waals surface area contributed by atoms with Gasteiger partial charge in [-0.15, -0.1) is 0 Å². The summed E-state index contributed by atoms with van der Waals surface area (Å²) in [6, 6.07) is 15.9. The Morgan fingerprint density at radius 3 is 2.22 bits per heavy atom. The number of barbiturate groups is 1. The Hall–Kier alpha value is -3.66.